The number of rotatable bonds is 4. The number of carbonyl (C=O) groups excluding carboxylic acids is 1. The van der Waals surface area contributed by atoms with Crippen LogP contribution in [0.15, 0.2) is 41.4 Å². The van der Waals surface area contributed by atoms with Gasteiger partial charge in [0, 0.05) is 6.20 Å². The molecule has 0 aliphatic carbocycles. The predicted molar refractivity (Wildman–Crippen MR) is 87.9 cm³/mol. The number of aromatic nitrogens is 1. The van der Waals surface area contributed by atoms with Gasteiger partial charge in [0.25, 0.3) is 5.91 Å². The summed E-state index contributed by atoms with van der Waals surface area (Å²) in [6, 6.07) is 5.81. The molecule has 0 saturated carbocycles. The molecule has 3 heterocycles. The van der Waals surface area contributed by atoms with Crippen LogP contribution in [0.1, 0.15) is 25.8 Å². The van der Waals surface area contributed by atoms with Crippen molar-refractivity contribution in [2.75, 3.05) is 4.90 Å². The summed E-state index contributed by atoms with van der Waals surface area (Å²) in [5.41, 5.74) is 1.94. The monoisotopic (exact) mass is 316 g/mol. The van der Waals surface area contributed by atoms with E-state index in [0.717, 1.165) is 17.7 Å². The Kier molecular flexibility index (Phi) is 4.55. The zero-order valence-corrected chi connectivity index (χ0v) is 13.6. The second kappa shape index (κ2) is 6.58. The number of anilines is 1. The van der Waals surface area contributed by atoms with Gasteiger partial charge in [-0.2, -0.15) is 11.3 Å². The summed E-state index contributed by atoms with van der Waals surface area (Å²) in [5, 5.41) is 4.09. The number of hydrogen-bond donors (Lipinski definition) is 0. The molecule has 5 heteroatoms. The Morgan fingerprint density at radius 3 is 2.91 bits per heavy atom. The maximum absolute atomic E-state index is 13.0. The average Bonchev–Trinajstić information content (AvgIpc) is 3.14. The minimum absolute atomic E-state index is 0.0241. The van der Waals surface area contributed by atoms with Gasteiger partial charge in [-0.05, 0) is 53.8 Å². The molecular weight excluding hydrogens is 296 g/mol. The van der Waals surface area contributed by atoms with Crippen molar-refractivity contribution < 1.29 is 9.53 Å². The number of carbonyl (C=O) groups is 1. The largest absolute Gasteiger partial charge is 0.365 e. The summed E-state index contributed by atoms with van der Waals surface area (Å²) in [7, 11) is 0. The van der Waals surface area contributed by atoms with Crippen molar-refractivity contribution in [1.29, 1.82) is 0 Å². The van der Waals surface area contributed by atoms with E-state index in [1.54, 1.807) is 28.6 Å². The molecule has 2 aromatic heterocycles. The maximum atomic E-state index is 13.0. The highest BCUT2D eigenvalue weighted by molar-refractivity contribution is 7.07. The van der Waals surface area contributed by atoms with E-state index in [4.69, 9.17) is 4.74 Å². The van der Waals surface area contributed by atoms with E-state index in [1.165, 1.54) is 0 Å². The van der Waals surface area contributed by atoms with Gasteiger partial charge in [-0.3, -0.25) is 9.78 Å². The van der Waals surface area contributed by atoms with Gasteiger partial charge in [-0.15, -0.1) is 0 Å². The molecule has 22 heavy (non-hydrogen) atoms. The zero-order chi connectivity index (χ0) is 15.5. The Morgan fingerprint density at radius 2 is 2.32 bits per heavy atom. The number of thiophene rings is 1. The fourth-order valence-corrected chi connectivity index (χ4v) is 3.58. The topological polar surface area (TPSA) is 42.4 Å². The van der Waals surface area contributed by atoms with Crippen LogP contribution >= 0.6 is 11.3 Å². The first-order valence-corrected chi connectivity index (χ1v) is 8.47. The smallest absolute Gasteiger partial charge is 0.256 e. The SMILES string of the molecule is C[C@@H]1C[C@@H](C)[C@H](C(=O)N(Cc2ccsc2)c2cccnc2)O1. The highest BCUT2D eigenvalue weighted by Crippen LogP contribution is 2.29. The third-order valence-corrected chi connectivity index (χ3v) is 4.72. The fraction of sp³-hybridized carbons (Fsp3) is 0.412. The molecule has 0 bridgehead atoms. The standard InChI is InChI=1S/C17H20N2O2S/c1-12-8-13(2)21-16(12)17(20)19(10-14-5-7-22-11-14)15-4-3-6-18-9-15/h3-7,9,11-13,16H,8,10H2,1-2H3/t12-,13-,16-/m1/s1. The molecule has 3 rings (SSSR count). The van der Waals surface area contributed by atoms with Crippen LogP contribution in [0.5, 0.6) is 0 Å². The number of ether oxygens (including phenoxy) is 1. The Balaban J connectivity index is 1.86. The Labute approximate surface area is 134 Å². The van der Waals surface area contributed by atoms with E-state index in [0.29, 0.717) is 6.54 Å². The molecule has 1 amide bonds. The number of pyridine rings is 1. The first-order valence-electron chi connectivity index (χ1n) is 7.53. The van der Waals surface area contributed by atoms with Gasteiger partial charge in [0.15, 0.2) is 0 Å². The lowest BCUT2D eigenvalue weighted by atomic mass is 10.0. The Bertz CT molecular complexity index is 615. The third kappa shape index (κ3) is 3.20. The number of nitrogens with zero attached hydrogens (tertiary/aromatic N) is 2. The summed E-state index contributed by atoms with van der Waals surface area (Å²) >= 11 is 1.64. The fourth-order valence-electron chi connectivity index (χ4n) is 2.92. The van der Waals surface area contributed by atoms with Gasteiger partial charge >= 0.3 is 0 Å². The molecule has 1 aliphatic heterocycles. The van der Waals surface area contributed by atoms with Crippen molar-refractivity contribution in [3.8, 4) is 0 Å². The summed E-state index contributed by atoms with van der Waals surface area (Å²) < 4.78 is 5.85. The van der Waals surface area contributed by atoms with Gasteiger partial charge in [0.2, 0.25) is 0 Å². The molecule has 4 nitrogen and oxygen atoms in total. The van der Waals surface area contributed by atoms with Gasteiger partial charge < -0.3 is 9.64 Å². The van der Waals surface area contributed by atoms with Crippen LogP contribution in [-0.2, 0) is 16.1 Å². The third-order valence-electron chi connectivity index (χ3n) is 3.99. The quantitative estimate of drug-likeness (QED) is 0.867. The van der Waals surface area contributed by atoms with Crippen LogP contribution in [0.4, 0.5) is 5.69 Å². The van der Waals surface area contributed by atoms with Crippen molar-refractivity contribution in [2.24, 2.45) is 5.92 Å². The highest BCUT2D eigenvalue weighted by atomic mass is 32.1. The predicted octanol–water partition coefficient (Wildman–Crippen LogP) is 3.49. The van der Waals surface area contributed by atoms with Crippen molar-refractivity contribution in [2.45, 2.75) is 39.0 Å². The summed E-state index contributed by atoms with van der Waals surface area (Å²) in [5.74, 6) is 0.264. The molecule has 3 atom stereocenters. The van der Waals surface area contributed by atoms with E-state index < -0.39 is 0 Å². The zero-order valence-electron chi connectivity index (χ0n) is 12.8. The van der Waals surface area contributed by atoms with E-state index in [2.05, 4.69) is 17.3 Å². The summed E-state index contributed by atoms with van der Waals surface area (Å²) in [4.78, 5) is 18.9. The average molecular weight is 316 g/mol. The Morgan fingerprint density at radius 1 is 1.45 bits per heavy atom. The lowest BCUT2D eigenvalue weighted by Crippen LogP contribution is -2.41. The first-order chi connectivity index (χ1) is 10.6. The molecule has 0 unspecified atom stereocenters. The molecule has 0 N–H and O–H groups in total. The van der Waals surface area contributed by atoms with Crippen molar-refractivity contribution in [3.63, 3.8) is 0 Å². The summed E-state index contributed by atoms with van der Waals surface area (Å²) in [6.07, 6.45) is 4.14. The molecule has 2 aromatic rings. The van der Waals surface area contributed by atoms with Gasteiger partial charge in [0.1, 0.15) is 6.10 Å². The van der Waals surface area contributed by atoms with Gasteiger partial charge in [-0.1, -0.05) is 6.92 Å². The molecule has 1 fully saturated rings. The normalized spacial score (nSPS) is 24.4. The minimum Gasteiger partial charge on any atom is -0.365 e. The van der Waals surface area contributed by atoms with E-state index in [-0.39, 0.29) is 24.0 Å². The van der Waals surface area contributed by atoms with E-state index in [1.807, 2.05) is 30.5 Å². The molecule has 1 saturated heterocycles. The van der Waals surface area contributed by atoms with Crippen LogP contribution < -0.4 is 4.90 Å². The van der Waals surface area contributed by atoms with Crippen LogP contribution in [0.2, 0.25) is 0 Å². The molecule has 0 spiro atoms. The van der Waals surface area contributed by atoms with Gasteiger partial charge in [-0.25, -0.2) is 0 Å². The highest BCUT2D eigenvalue weighted by Gasteiger charge is 2.38. The van der Waals surface area contributed by atoms with Crippen LogP contribution in [-0.4, -0.2) is 23.1 Å². The second-order valence-corrected chi connectivity index (χ2v) is 6.63. The molecule has 0 aromatic carbocycles. The van der Waals surface area contributed by atoms with Gasteiger partial charge in [0.05, 0.1) is 24.5 Å². The van der Waals surface area contributed by atoms with Crippen LogP contribution in [0.3, 0.4) is 0 Å². The number of amides is 1. The maximum Gasteiger partial charge on any atom is 0.256 e. The summed E-state index contributed by atoms with van der Waals surface area (Å²) in [6.45, 7) is 4.66. The number of hydrogen-bond acceptors (Lipinski definition) is 4. The molecule has 1 aliphatic rings. The second-order valence-electron chi connectivity index (χ2n) is 5.85. The van der Waals surface area contributed by atoms with E-state index in [9.17, 15) is 4.79 Å². The molecule has 116 valence electrons. The van der Waals surface area contributed by atoms with E-state index >= 15 is 0 Å². The Hall–Kier alpha value is -1.72. The minimum atomic E-state index is -0.367. The molecule has 0 radical (unpaired) electrons. The van der Waals surface area contributed by atoms with Crippen LogP contribution in [0, 0.1) is 5.92 Å². The van der Waals surface area contributed by atoms with Crippen molar-refractivity contribution >= 4 is 22.9 Å². The van der Waals surface area contributed by atoms with Crippen molar-refractivity contribution in [3.05, 3.63) is 46.9 Å². The van der Waals surface area contributed by atoms with Crippen molar-refractivity contribution in [1.82, 2.24) is 4.98 Å². The molecular formula is C17H20N2O2S. The first kappa shape index (κ1) is 15.2. The lowest BCUT2D eigenvalue weighted by molar-refractivity contribution is -0.130. The van der Waals surface area contributed by atoms with Crippen LogP contribution in [0.25, 0.3) is 0 Å². The lowest BCUT2D eigenvalue weighted by Gasteiger charge is -2.26.